The smallest absolute Gasteiger partial charge is 0.307 e. The van der Waals surface area contributed by atoms with E-state index in [1.165, 1.54) is 0 Å². The molecule has 0 spiro atoms. The van der Waals surface area contributed by atoms with Crippen molar-refractivity contribution in [2.24, 2.45) is 0 Å². The van der Waals surface area contributed by atoms with E-state index in [0.29, 0.717) is 18.2 Å². The van der Waals surface area contributed by atoms with Crippen molar-refractivity contribution in [3.05, 3.63) is 29.8 Å². The number of Topliss-reactive ketones (excluding diaryl/α,β-unsaturated/α-hetero) is 1. The van der Waals surface area contributed by atoms with Gasteiger partial charge in [-0.05, 0) is 44.0 Å². The summed E-state index contributed by atoms with van der Waals surface area (Å²) in [4.78, 5) is 26.3. The van der Waals surface area contributed by atoms with Crippen LogP contribution < -0.4 is 10.2 Å². The van der Waals surface area contributed by atoms with Crippen LogP contribution in [0.5, 0.6) is 0 Å². The number of ether oxygens (including phenoxy) is 1. The van der Waals surface area contributed by atoms with Crippen LogP contribution in [0.15, 0.2) is 24.3 Å². The summed E-state index contributed by atoms with van der Waals surface area (Å²) in [5.41, 5.74) is 1.65. The van der Waals surface area contributed by atoms with Crippen LogP contribution in [0.3, 0.4) is 0 Å². The average molecular weight is 304 g/mol. The van der Waals surface area contributed by atoms with Crippen molar-refractivity contribution < 1.29 is 14.3 Å². The predicted molar refractivity (Wildman–Crippen MR) is 86.3 cm³/mol. The van der Waals surface area contributed by atoms with Gasteiger partial charge in [0.1, 0.15) is 0 Å². The second-order valence-corrected chi connectivity index (χ2v) is 5.81. The summed E-state index contributed by atoms with van der Waals surface area (Å²) in [5, 5.41) is 3.26. The zero-order valence-corrected chi connectivity index (χ0v) is 13.5. The highest BCUT2D eigenvalue weighted by molar-refractivity contribution is 6.02. The maximum absolute atomic E-state index is 12.6. The summed E-state index contributed by atoms with van der Waals surface area (Å²) in [6, 6.07) is 7.29. The fraction of sp³-hybridized carbons (Fsp3) is 0.529. The Morgan fingerprint density at radius 2 is 1.91 bits per heavy atom. The van der Waals surface area contributed by atoms with Gasteiger partial charge >= 0.3 is 5.97 Å². The third kappa shape index (κ3) is 4.56. The molecule has 1 N–H and O–H groups in total. The van der Waals surface area contributed by atoms with Gasteiger partial charge in [-0.2, -0.15) is 0 Å². The Hall–Kier alpha value is -1.88. The lowest BCUT2D eigenvalue weighted by molar-refractivity contribution is -0.143. The van der Waals surface area contributed by atoms with E-state index in [0.717, 1.165) is 18.5 Å². The lowest BCUT2D eigenvalue weighted by Crippen LogP contribution is -2.40. The van der Waals surface area contributed by atoms with E-state index < -0.39 is 6.04 Å². The first-order valence-corrected chi connectivity index (χ1v) is 7.74. The first-order valence-electron chi connectivity index (χ1n) is 7.74. The quantitative estimate of drug-likeness (QED) is 0.588. The van der Waals surface area contributed by atoms with Gasteiger partial charge in [0.2, 0.25) is 0 Å². The van der Waals surface area contributed by atoms with Gasteiger partial charge in [0, 0.05) is 31.4 Å². The minimum Gasteiger partial charge on any atom is -0.466 e. The van der Waals surface area contributed by atoms with Crippen molar-refractivity contribution in [3.8, 4) is 0 Å². The summed E-state index contributed by atoms with van der Waals surface area (Å²) in [7, 11) is 3.91. The number of esters is 1. The van der Waals surface area contributed by atoms with Gasteiger partial charge < -0.3 is 15.0 Å². The zero-order valence-electron chi connectivity index (χ0n) is 13.5. The summed E-state index contributed by atoms with van der Waals surface area (Å²) in [5.74, 6) is -0.385. The molecule has 1 aromatic rings. The molecule has 1 aliphatic carbocycles. The topological polar surface area (TPSA) is 58.6 Å². The molecule has 0 aliphatic heterocycles. The van der Waals surface area contributed by atoms with Crippen LogP contribution in [0.25, 0.3) is 0 Å². The molecule has 0 aromatic heterocycles. The molecule has 1 unspecified atom stereocenters. The third-order valence-corrected chi connectivity index (χ3v) is 3.68. The van der Waals surface area contributed by atoms with Gasteiger partial charge in [0.05, 0.1) is 19.1 Å². The molecule has 2 rings (SSSR count). The molecule has 0 saturated heterocycles. The second-order valence-electron chi connectivity index (χ2n) is 5.81. The average Bonchev–Trinajstić information content (AvgIpc) is 3.30. The standard InChI is InChI=1S/C17H24N2O3/c1-4-22-16(20)11-15(18-13-7-8-13)17(21)12-5-9-14(10-6-12)19(2)3/h5-6,9-10,13,15,18H,4,7-8,11H2,1-3H3. The van der Waals surface area contributed by atoms with E-state index in [1.807, 2.05) is 43.3 Å². The molecule has 5 nitrogen and oxygen atoms in total. The summed E-state index contributed by atoms with van der Waals surface area (Å²) < 4.78 is 4.97. The lowest BCUT2D eigenvalue weighted by Gasteiger charge is -2.18. The fourth-order valence-corrected chi connectivity index (χ4v) is 2.27. The number of carbonyl (C=O) groups excluding carboxylic acids is 2. The van der Waals surface area contributed by atoms with Gasteiger partial charge in [-0.3, -0.25) is 9.59 Å². The number of carbonyl (C=O) groups is 2. The van der Waals surface area contributed by atoms with E-state index in [9.17, 15) is 9.59 Å². The highest BCUT2D eigenvalue weighted by atomic mass is 16.5. The van der Waals surface area contributed by atoms with Crippen molar-refractivity contribution in [2.75, 3.05) is 25.6 Å². The largest absolute Gasteiger partial charge is 0.466 e. The van der Waals surface area contributed by atoms with Gasteiger partial charge in [-0.15, -0.1) is 0 Å². The maximum atomic E-state index is 12.6. The Kier molecular flexibility index (Phi) is 5.55. The molecular formula is C17H24N2O3. The maximum Gasteiger partial charge on any atom is 0.307 e. The van der Waals surface area contributed by atoms with Crippen molar-refractivity contribution >= 4 is 17.4 Å². The minimum atomic E-state index is -0.503. The van der Waals surface area contributed by atoms with Crippen LogP contribution in [0, 0.1) is 0 Å². The van der Waals surface area contributed by atoms with E-state index in [2.05, 4.69) is 5.32 Å². The number of nitrogens with zero attached hydrogens (tertiary/aromatic N) is 1. The number of anilines is 1. The van der Waals surface area contributed by atoms with E-state index in [-0.39, 0.29) is 18.2 Å². The van der Waals surface area contributed by atoms with Crippen LogP contribution in [0.4, 0.5) is 5.69 Å². The monoisotopic (exact) mass is 304 g/mol. The van der Waals surface area contributed by atoms with Crippen molar-refractivity contribution in [3.63, 3.8) is 0 Å². The Morgan fingerprint density at radius 3 is 2.41 bits per heavy atom. The lowest BCUT2D eigenvalue weighted by atomic mass is 10.0. The number of benzene rings is 1. The molecule has 0 heterocycles. The first-order chi connectivity index (χ1) is 10.5. The van der Waals surface area contributed by atoms with Crippen LogP contribution in [0.2, 0.25) is 0 Å². The van der Waals surface area contributed by atoms with Crippen LogP contribution in [0.1, 0.15) is 36.5 Å². The number of hydrogen-bond donors (Lipinski definition) is 1. The third-order valence-electron chi connectivity index (χ3n) is 3.68. The van der Waals surface area contributed by atoms with Gasteiger partial charge in [0.15, 0.2) is 5.78 Å². The number of ketones is 1. The molecule has 0 radical (unpaired) electrons. The normalized spacial score (nSPS) is 15.2. The number of nitrogens with one attached hydrogen (secondary N) is 1. The predicted octanol–water partition coefficient (Wildman–Crippen LogP) is 2.01. The molecule has 0 amide bonds. The molecule has 1 fully saturated rings. The van der Waals surface area contributed by atoms with Crippen LogP contribution in [-0.2, 0) is 9.53 Å². The Bertz CT molecular complexity index is 521. The van der Waals surface area contributed by atoms with E-state index in [4.69, 9.17) is 4.74 Å². The summed E-state index contributed by atoms with van der Waals surface area (Å²) in [6.07, 6.45) is 2.21. The molecule has 5 heteroatoms. The highest BCUT2D eigenvalue weighted by Gasteiger charge is 2.30. The van der Waals surface area contributed by atoms with E-state index >= 15 is 0 Å². The molecule has 0 bridgehead atoms. The first kappa shape index (κ1) is 16.5. The van der Waals surface area contributed by atoms with Crippen molar-refractivity contribution in [1.29, 1.82) is 0 Å². The minimum absolute atomic E-state index is 0.0507. The zero-order chi connectivity index (χ0) is 16.1. The molecule has 22 heavy (non-hydrogen) atoms. The van der Waals surface area contributed by atoms with Crippen LogP contribution in [-0.4, -0.2) is 44.5 Å². The van der Waals surface area contributed by atoms with Crippen molar-refractivity contribution in [2.45, 2.75) is 38.3 Å². The molecule has 1 saturated carbocycles. The Morgan fingerprint density at radius 1 is 1.27 bits per heavy atom. The van der Waals surface area contributed by atoms with Crippen molar-refractivity contribution in [1.82, 2.24) is 5.32 Å². The molecular weight excluding hydrogens is 280 g/mol. The fourth-order valence-electron chi connectivity index (χ4n) is 2.27. The number of rotatable bonds is 8. The summed E-state index contributed by atoms with van der Waals surface area (Å²) in [6.45, 7) is 2.10. The second kappa shape index (κ2) is 7.40. The highest BCUT2D eigenvalue weighted by Crippen LogP contribution is 2.22. The van der Waals surface area contributed by atoms with Crippen LogP contribution >= 0.6 is 0 Å². The Labute approximate surface area is 131 Å². The number of hydrogen-bond acceptors (Lipinski definition) is 5. The van der Waals surface area contributed by atoms with Gasteiger partial charge in [-0.1, -0.05) is 0 Å². The van der Waals surface area contributed by atoms with Gasteiger partial charge in [0.25, 0.3) is 0 Å². The van der Waals surface area contributed by atoms with Gasteiger partial charge in [-0.25, -0.2) is 0 Å². The SMILES string of the molecule is CCOC(=O)CC(NC1CC1)C(=O)c1ccc(N(C)C)cc1. The molecule has 1 aliphatic rings. The van der Waals surface area contributed by atoms with E-state index in [1.54, 1.807) is 6.92 Å². The molecule has 1 atom stereocenters. The molecule has 120 valence electrons. The summed E-state index contributed by atoms with van der Waals surface area (Å²) >= 11 is 0. The molecule has 1 aromatic carbocycles. The Balaban J connectivity index is 2.07.